The molecule has 1 fully saturated rings. The van der Waals surface area contributed by atoms with E-state index in [1.165, 1.54) is 0 Å². The lowest BCUT2D eigenvalue weighted by Gasteiger charge is -2.10. The predicted molar refractivity (Wildman–Crippen MR) is 67.2 cm³/mol. The van der Waals surface area contributed by atoms with Gasteiger partial charge in [0.25, 0.3) is 0 Å². The van der Waals surface area contributed by atoms with Crippen LogP contribution in [-0.2, 0) is 4.74 Å². The Kier molecular flexibility index (Phi) is 3.23. The second kappa shape index (κ2) is 5.18. The zero-order valence-electron chi connectivity index (χ0n) is 10.0. The van der Waals surface area contributed by atoms with Gasteiger partial charge in [0.15, 0.2) is 0 Å². The van der Waals surface area contributed by atoms with Gasteiger partial charge in [-0.2, -0.15) is 0 Å². The molecule has 1 aliphatic rings. The second-order valence-corrected chi connectivity index (χ2v) is 4.32. The van der Waals surface area contributed by atoms with E-state index >= 15 is 0 Å². The normalized spacial score (nSPS) is 19.0. The molecule has 2 aromatic heterocycles. The SMILES string of the molecule is c1cc(-c2cnc(NCC3CCCO3)nc2)co1. The van der Waals surface area contributed by atoms with Crippen LogP contribution < -0.4 is 5.32 Å². The van der Waals surface area contributed by atoms with Gasteiger partial charge in [0.1, 0.15) is 0 Å². The van der Waals surface area contributed by atoms with E-state index in [9.17, 15) is 0 Å². The summed E-state index contributed by atoms with van der Waals surface area (Å²) in [4.78, 5) is 8.55. The molecular weight excluding hydrogens is 230 g/mol. The molecule has 0 radical (unpaired) electrons. The Morgan fingerprint density at radius 3 is 2.83 bits per heavy atom. The summed E-state index contributed by atoms with van der Waals surface area (Å²) in [6.07, 6.45) is 9.44. The van der Waals surface area contributed by atoms with Gasteiger partial charge >= 0.3 is 0 Å². The Morgan fingerprint density at radius 2 is 2.17 bits per heavy atom. The number of rotatable bonds is 4. The molecule has 0 amide bonds. The predicted octanol–water partition coefficient (Wildman–Crippen LogP) is 2.33. The van der Waals surface area contributed by atoms with Crippen LogP contribution in [0.2, 0.25) is 0 Å². The maximum absolute atomic E-state index is 5.53. The lowest BCUT2D eigenvalue weighted by molar-refractivity contribution is 0.120. The molecule has 3 heterocycles. The van der Waals surface area contributed by atoms with E-state index in [-0.39, 0.29) is 0 Å². The number of aromatic nitrogens is 2. The third-order valence-electron chi connectivity index (χ3n) is 3.02. The Balaban J connectivity index is 1.60. The monoisotopic (exact) mass is 245 g/mol. The van der Waals surface area contributed by atoms with Gasteiger partial charge in [-0.1, -0.05) is 0 Å². The Hall–Kier alpha value is -1.88. The van der Waals surface area contributed by atoms with Crippen LogP contribution in [-0.4, -0.2) is 29.2 Å². The summed E-state index contributed by atoms with van der Waals surface area (Å²) in [5.74, 6) is 0.637. The van der Waals surface area contributed by atoms with Crippen molar-refractivity contribution in [1.29, 1.82) is 0 Å². The summed E-state index contributed by atoms with van der Waals surface area (Å²) in [6.45, 7) is 1.64. The molecule has 1 N–H and O–H groups in total. The standard InChI is InChI=1S/C13H15N3O2/c1-2-12(18-4-1)8-16-13-14-6-11(7-15-13)10-3-5-17-9-10/h3,5-7,9,12H,1-2,4,8H2,(H,14,15,16). The molecule has 94 valence electrons. The van der Waals surface area contributed by atoms with Gasteiger partial charge in [-0.25, -0.2) is 9.97 Å². The highest BCUT2D eigenvalue weighted by Crippen LogP contribution is 2.18. The number of nitrogens with one attached hydrogen (secondary N) is 1. The molecule has 18 heavy (non-hydrogen) atoms. The summed E-state index contributed by atoms with van der Waals surface area (Å²) >= 11 is 0. The topological polar surface area (TPSA) is 60.2 Å². The molecule has 3 rings (SSSR count). The number of hydrogen-bond donors (Lipinski definition) is 1. The molecule has 1 unspecified atom stereocenters. The third kappa shape index (κ3) is 2.51. The van der Waals surface area contributed by atoms with Crippen molar-refractivity contribution in [3.8, 4) is 11.1 Å². The van der Waals surface area contributed by atoms with Crippen molar-refractivity contribution >= 4 is 5.95 Å². The van der Waals surface area contributed by atoms with Crippen molar-refractivity contribution in [3.63, 3.8) is 0 Å². The first-order valence-electron chi connectivity index (χ1n) is 6.12. The van der Waals surface area contributed by atoms with E-state index in [0.29, 0.717) is 12.1 Å². The van der Waals surface area contributed by atoms with Gasteiger partial charge in [-0.3, -0.25) is 0 Å². The van der Waals surface area contributed by atoms with Crippen LogP contribution in [0.25, 0.3) is 11.1 Å². The number of hydrogen-bond acceptors (Lipinski definition) is 5. The molecule has 2 aromatic rings. The zero-order valence-corrected chi connectivity index (χ0v) is 10.0. The van der Waals surface area contributed by atoms with E-state index < -0.39 is 0 Å². The number of nitrogens with zero attached hydrogens (tertiary/aromatic N) is 2. The highest BCUT2D eigenvalue weighted by atomic mass is 16.5. The molecule has 0 bridgehead atoms. The fourth-order valence-electron chi connectivity index (χ4n) is 2.01. The first-order chi connectivity index (χ1) is 8.92. The quantitative estimate of drug-likeness (QED) is 0.895. The van der Waals surface area contributed by atoms with E-state index in [1.54, 1.807) is 24.9 Å². The largest absolute Gasteiger partial charge is 0.472 e. The molecule has 5 heteroatoms. The zero-order chi connectivity index (χ0) is 12.2. The van der Waals surface area contributed by atoms with E-state index in [2.05, 4.69) is 15.3 Å². The van der Waals surface area contributed by atoms with Gasteiger partial charge in [0.2, 0.25) is 5.95 Å². The van der Waals surface area contributed by atoms with Crippen LogP contribution in [0.5, 0.6) is 0 Å². The van der Waals surface area contributed by atoms with Crippen molar-refractivity contribution in [3.05, 3.63) is 31.0 Å². The average molecular weight is 245 g/mol. The summed E-state index contributed by atoms with van der Waals surface area (Å²) in [6, 6.07) is 1.89. The first-order valence-corrected chi connectivity index (χ1v) is 6.12. The lowest BCUT2D eigenvalue weighted by Crippen LogP contribution is -2.19. The van der Waals surface area contributed by atoms with Gasteiger partial charge in [-0.15, -0.1) is 0 Å². The molecular formula is C13H15N3O2. The lowest BCUT2D eigenvalue weighted by atomic mass is 10.2. The fraction of sp³-hybridized carbons (Fsp3) is 0.385. The van der Waals surface area contributed by atoms with Gasteiger partial charge < -0.3 is 14.5 Å². The second-order valence-electron chi connectivity index (χ2n) is 4.32. The summed E-state index contributed by atoms with van der Waals surface area (Å²) < 4.78 is 10.6. The third-order valence-corrected chi connectivity index (χ3v) is 3.02. The van der Waals surface area contributed by atoms with Crippen LogP contribution in [0.4, 0.5) is 5.95 Å². The average Bonchev–Trinajstić information content (AvgIpc) is 3.10. The van der Waals surface area contributed by atoms with Gasteiger partial charge in [-0.05, 0) is 18.9 Å². The highest BCUT2D eigenvalue weighted by Gasteiger charge is 2.15. The van der Waals surface area contributed by atoms with Crippen molar-refractivity contribution in [2.75, 3.05) is 18.5 Å². The maximum Gasteiger partial charge on any atom is 0.222 e. The fourth-order valence-corrected chi connectivity index (χ4v) is 2.01. The summed E-state index contributed by atoms with van der Waals surface area (Å²) in [7, 11) is 0. The van der Waals surface area contributed by atoms with Crippen LogP contribution >= 0.6 is 0 Å². The minimum Gasteiger partial charge on any atom is -0.472 e. The van der Waals surface area contributed by atoms with Crippen molar-refractivity contribution < 1.29 is 9.15 Å². The molecule has 1 saturated heterocycles. The van der Waals surface area contributed by atoms with Crippen molar-refractivity contribution in [2.24, 2.45) is 0 Å². The Labute approximate surface area is 105 Å². The summed E-state index contributed by atoms with van der Waals surface area (Å²) in [5, 5.41) is 3.19. The summed E-state index contributed by atoms with van der Waals surface area (Å²) in [5.41, 5.74) is 1.94. The van der Waals surface area contributed by atoms with Gasteiger partial charge in [0, 0.05) is 36.7 Å². The number of furan rings is 1. The molecule has 1 aliphatic heterocycles. The first kappa shape index (κ1) is 11.2. The van der Waals surface area contributed by atoms with Crippen LogP contribution in [0, 0.1) is 0 Å². The Bertz CT molecular complexity index is 475. The minimum absolute atomic E-state index is 0.294. The van der Waals surface area contributed by atoms with Gasteiger partial charge in [0.05, 0.1) is 18.6 Å². The maximum atomic E-state index is 5.53. The van der Waals surface area contributed by atoms with Crippen molar-refractivity contribution in [1.82, 2.24) is 9.97 Å². The van der Waals surface area contributed by atoms with E-state index in [4.69, 9.17) is 9.15 Å². The molecule has 0 spiro atoms. The molecule has 1 atom stereocenters. The van der Waals surface area contributed by atoms with E-state index in [1.807, 2.05) is 6.07 Å². The van der Waals surface area contributed by atoms with Crippen LogP contribution in [0.15, 0.2) is 35.4 Å². The molecule has 0 aromatic carbocycles. The highest BCUT2D eigenvalue weighted by molar-refractivity contribution is 5.60. The number of ether oxygens (including phenoxy) is 1. The van der Waals surface area contributed by atoms with Crippen LogP contribution in [0.3, 0.4) is 0 Å². The van der Waals surface area contributed by atoms with Crippen molar-refractivity contribution in [2.45, 2.75) is 18.9 Å². The Morgan fingerprint density at radius 1 is 1.28 bits per heavy atom. The van der Waals surface area contributed by atoms with E-state index in [0.717, 1.165) is 37.1 Å². The smallest absolute Gasteiger partial charge is 0.222 e. The molecule has 0 aliphatic carbocycles. The number of anilines is 1. The molecule has 0 saturated carbocycles. The molecule has 5 nitrogen and oxygen atoms in total. The minimum atomic E-state index is 0.294. The van der Waals surface area contributed by atoms with Crippen LogP contribution in [0.1, 0.15) is 12.8 Å².